The van der Waals surface area contributed by atoms with Gasteiger partial charge in [0.1, 0.15) is 6.04 Å². The number of piperidine rings is 1. The molecule has 0 spiro atoms. The summed E-state index contributed by atoms with van der Waals surface area (Å²) in [7, 11) is 1.47. The molecule has 0 bridgehead atoms. The first-order valence-corrected chi connectivity index (χ1v) is 5.90. The van der Waals surface area contributed by atoms with Crippen LogP contribution in [-0.2, 0) is 9.53 Å². The van der Waals surface area contributed by atoms with E-state index in [1.165, 1.54) is 13.5 Å². The van der Waals surface area contributed by atoms with Gasteiger partial charge in [-0.3, -0.25) is 9.69 Å². The van der Waals surface area contributed by atoms with Crippen LogP contribution >= 0.6 is 0 Å². The summed E-state index contributed by atoms with van der Waals surface area (Å²) in [6, 6.07) is -0.0415. The Morgan fingerprint density at radius 2 is 1.93 bits per heavy atom. The van der Waals surface area contributed by atoms with Gasteiger partial charge in [0.2, 0.25) is 0 Å². The van der Waals surface area contributed by atoms with Gasteiger partial charge in [0.05, 0.1) is 7.11 Å². The number of rotatable bonds is 3. The van der Waals surface area contributed by atoms with Crippen LogP contribution in [0.1, 0.15) is 33.6 Å². The summed E-state index contributed by atoms with van der Waals surface area (Å²) in [4.78, 5) is 13.9. The van der Waals surface area contributed by atoms with Gasteiger partial charge < -0.3 is 4.74 Å². The van der Waals surface area contributed by atoms with Crippen LogP contribution in [0.4, 0.5) is 0 Å². The summed E-state index contributed by atoms with van der Waals surface area (Å²) in [6.07, 6.45) is 2.11. The SMILES string of the molecule is CC[C@H](C(=O)OC)N1C[C@H](C)C[C@H](C)C1. The van der Waals surface area contributed by atoms with E-state index >= 15 is 0 Å². The molecule has 1 heterocycles. The lowest BCUT2D eigenvalue weighted by molar-refractivity contribution is -0.148. The van der Waals surface area contributed by atoms with Crippen LogP contribution in [0.25, 0.3) is 0 Å². The molecule has 3 heteroatoms. The van der Waals surface area contributed by atoms with Gasteiger partial charge in [-0.2, -0.15) is 0 Å². The van der Waals surface area contributed by atoms with Crippen molar-refractivity contribution < 1.29 is 9.53 Å². The van der Waals surface area contributed by atoms with Crippen LogP contribution in [0, 0.1) is 11.8 Å². The summed E-state index contributed by atoms with van der Waals surface area (Å²) in [6.45, 7) is 8.61. The topological polar surface area (TPSA) is 29.5 Å². The van der Waals surface area contributed by atoms with Gasteiger partial charge in [-0.25, -0.2) is 0 Å². The Balaban J connectivity index is 2.63. The van der Waals surface area contributed by atoms with Crippen molar-refractivity contribution in [2.24, 2.45) is 11.8 Å². The third-order valence-electron chi connectivity index (χ3n) is 3.20. The molecule has 1 rings (SSSR count). The lowest BCUT2D eigenvalue weighted by Gasteiger charge is -2.38. The van der Waals surface area contributed by atoms with Crippen molar-refractivity contribution in [1.82, 2.24) is 4.90 Å². The van der Waals surface area contributed by atoms with Gasteiger partial charge in [0.15, 0.2) is 0 Å². The number of carbonyl (C=O) groups is 1. The van der Waals surface area contributed by atoms with Crippen molar-refractivity contribution in [2.75, 3.05) is 20.2 Å². The molecule has 1 saturated heterocycles. The van der Waals surface area contributed by atoms with E-state index in [4.69, 9.17) is 4.74 Å². The van der Waals surface area contributed by atoms with E-state index in [2.05, 4.69) is 18.7 Å². The normalized spacial score (nSPS) is 29.9. The second-order valence-electron chi connectivity index (χ2n) is 4.85. The molecule has 0 saturated carbocycles. The maximum Gasteiger partial charge on any atom is 0.323 e. The molecule has 0 aromatic rings. The smallest absolute Gasteiger partial charge is 0.323 e. The third kappa shape index (κ3) is 3.20. The van der Waals surface area contributed by atoms with E-state index in [0.29, 0.717) is 11.8 Å². The largest absolute Gasteiger partial charge is 0.468 e. The first-order valence-electron chi connectivity index (χ1n) is 5.90. The molecule has 3 nitrogen and oxygen atoms in total. The zero-order valence-electron chi connectivity index (χ0n) is 10.3. The zero-order chi connectivity index (χ0) is 11.4. The van der Waals surface area contributed by atoms with Gasteiger partial charge in [-0.15, -0.1) is 0 Å². The highest BCUT2D eigenvalue weighted by Gasteiger charge is 2.30. The predicted octanol–water partition coefficient (Wildman–Crippen LogP) is 1.92. The minimum atomic E-state index is -0.0844. The van der Waals surface area contributed by atoms with Gasteiger partial charge in [-0.1, -0.05) is 20.8 Å². The highest BCUT2D eigenvalue weighted by molar-refractivity contribution is 5.75. The Kier molecular flexibility index (Phi) is 4.58. The number of ether oxygens (including phenoxy) is 1. The van der Waals surface area contributed by atoms with Crippen LogP contribution in [0.3, 0.4) is 0 Å². The van der Waals surface area contributed by atoms with E-state index in [9.17, 15) is 4.79 Å². The number of carbonyl (C=O) groups excluding carboxylic acids is 1. The summed E-state index contributed by atoms with van der Waals surface area (Å²) < 4.78 is 4.85. The van der Waals surface area contributed by atoms with Crippen LogP contribution in [0.5, 0.6) is 0 Å². The maximum absolute atomic E-state index is 11.6. The molecule has 88 valence electrons. The van der Waals surface area contributed by atoms with E-state index < -0.39 is 0 Å². The number of likely N-dealkylation sites (tertiary alicyclic amines) is 1. The Bertz CT molecular complexity index is 208. The number of methoxy groups -OCH3 is 1. The quantitative estimate of drug-likeness (QED) is 0.671. The maximum atomic E-state index is 11.6. The van der Waals surface area contributed by atoms with Gasteiger partial charge in [-0.05, 0) is 24.7 Å². The van der Waals surface area contributed by atoms with Crippen molar-refractivity contribution in [3.63, 3.8) is 0 Å². The molecule has 1 fully saturated rings. The molecular weight excluding hydrogens is 190 g/mol. The minimum Gasteiger partial charge on any atom is -0.468 e. The molecule has 1 aliphatic heterocycles. The zero-order valence-corrected chi connectivity index (χ0v) is 10.3. The van der Waals surface area contributed by atoms with E-state index in [1.807, 2.05) is 6.92 Å². The van der Waals surface area contributed by atoms with Crippen LogP contribution in [0.15, 0.2) is 0 Å². The third-order valence-corrected chi connectivity index (χ3v) is 3.20. The summed E-state index contributed by atoms with van der Waals surface area (Å²) in [5, 5.41) is 0. The number of hydrogen-bond donors (Lipinski definition) is 0. The second kappa shape index (κ2) is 5.50. The van der Waals surface area contributed by atoms with E-state index in [1.54, 1.807) is 0 Å². The average Bonchev–Trinajstić information content (AvgIpc) is 2.17. The van der Waals surface area contributed by atoms with Crippen molar-refractivity contribution in [1.29, 1.82) is 0 Å². The highest BCUT2D eigenvalue weighted by Crippen LogP contribution is 2.23. The highest BCUT2D eigenvalue weighted by atomic mass is 16.5. The van der Waals surface area contributed by atoms with Crippen LogP contribution in [-0.4, -0.2) is 37.1 Å². The summed E-state index contributed by atoms with van der Waals surface area (Å²) in [5.74, 6) is 1.29. The number of nitrogens with zero attached hydrogens (tertiary/aromatic N) is 1. The lowest BCUT2D eigenvalue weighted by Crippen LogP contribution is -2.48. The van der Waals surface area contributed by atoms with Gasteiger partial charge in [0, 0.05) is 13.1 Å². The Morgan fingerprint density at radius 1 is 1.40 bits per heavy atom. The predicted molar refractivity (Wildman–Crippen MR) is 60.6 cm³/mol. The summed E-state index contributed by atoms with van der Waals surface area (Å²) >= 11 is 0. The first kappa shape index (κ1) is 12.5. The van der Waals surface area contributed by atoms with E-state index in [0.717, 1.165) is 19.5 Å². The molecule has 0 amide bonds. The molecule has 0 N–H and O–H groups in total. The molecule has 0 aliphatic carbocycles. The van der Waals surface area contributed by atoms with Crippen molar-refractivity contribution in [3.8, 4) is 0 Å². The first-order chi connectivity index (χ1) is 7.08. The van der Waals surface area contributed by atoms with Crippen LogP contribution < -0.4 is 0 Å². The fourth-order valence-electron chi connectivity index (χ4n) is 2.68. The van der Waals surface area contributed by atoms with Crippen molar-refractivity contribution in [2.45, 2.75) is 39.7 Å². The standard InChI is InChI=1S/C12H23NO2/c1-5-11(12(14)15-4)13-7-9(2)6-10(3)8-13/h9-11H,5-8H2,1-4H3/t9-,10+,11-/m1/s1. The lowest BCUT2D eigenvalue weighted by atomic mass is 9.90. The molecule has 15 heavy (non-hydrogen) atoms. The Morgan fingerprint density at radius 3 is 2.33 bits per heavy atom. The fourth-order valence-corrected chi connectivity index (χ4v) is 2.68. The van der Waals surface area contributed by atoms with Crippen molar-refractivity contribution >= 4 is 5.97 Å². The molecule has 3 atom stereocenters. The monoisotopic (exact) mass is 213 g/mol. The van der Waals surface area contributed by atoms with Crippen molar-refractivity contribution in [3.05, 3.63) is 0 Å². The number of hydrogen-bond acceptors (Lipinski definition) is 3. The molecule has 0 aromatic carbocycles. The molecule has 0 aromatic heterocycles. The Labute approximate surface area is 92.8 Å². The Hall–Kier alpha value is -0.570. The molecule has 1 aliphatic rings. The van der Waals surface area contributed by atoms with Gasteiger partial charge in [0.25, 0.3) is 0 Å². The molecule has 0 unspecified atom stereocenters. The second-order valence-corrected chi connectivity index (χ2v) is 4.85. The summed E-state index contributed by atoms with van der Waals surface area (Å²) in [5.41, 5.74) is 0. The molecule has 0 radical (unpaired) electrons. The van der Waals surface area contributed by atoms with E-state index in [-0.39, 0.29) is 12.0 Å². The molecular formula is C12H23NO2. The number of esters is 1. The fraction of sp³-hybridized carbons (Fsp3) is 0.917. The minimum absolute atomic E-state index is 0.0415. The van der Waals surface area contributed by atoms with Crippen LogP contribution in [0.2, 0.25) is 0 Å². The average molecular weight is 213 g/mol. The van der Waals surface area contributed by atoms with Gasteiger partial charge >= 0.3 is 5.97 Å².